The van der Waals surface area contributed by atoms with Crippen molar-refractivity contribution < 1.29 is 9.53 Å². The minimum Gasteiger partial charge on any atom is -0.362 e. The van der Waals surface area contributed by atoms with Crippen LogP contribution in [0, 0.1) is 13.8 Å². The summed E-state index contributed by atoms with van der Waals surface area (Å²) in [4.78, 5) is 10.9. The Morgan fingerprint density at radius 1 is 1.33 bits per heavy atom. The van der Waals surface area contributed by atoms with E-state index in [1.54, 1.807) is 0 Å². The number of ether oxygens (including phenoxy) is 1. The van der Waals surface area contributed by atoms with Crippen LogP contribution in [0.5, 0.6) is 0 Å². The molecule has 1 heterocycles. The van der Waals surface area contributed by atoms with Gasteiger partial charge >= 0.3 is 0 Å². The van der Waals surface area contributed by atoms with Gasteiger partial charge in [0, 0.05) is 6.54 Å². The van der Waals surface area contributed by atoms with E-state index in [0.29, 0.717) is 6.54 Å². The van der Waals surface area contributed by atoms with Crippen molar-refractivity contribution >= 4 is 5.91 Å². The van der Waals surface area contributed by atoms with Crippen molar-refractivity contribution in [1.29, 1.82) is 0 Å². The van der Waals surface area contributed by atoms with E-state index in [-0.39, 0.29) is 18.6 Å². The predicted octanol–water partition coefficient (Wildman–Crippen LogP) is 1.49. The third-order valence-corrected chi connectivity index (χ3v) is 2.80. The van der Waals surface area contributed by atoms with Gasteiger partial charge in [0.2, 0.25) is 5.91 Å². The van der Waals surface area contributed by atoms with Gasteiger partial charge in [-0.2, -0.15) is 0 Å². The highest BCUT2D eigenvalue weighted by Crippen LogP contribution is 2.21. The Hall–Kier alpha value is -1.35. The molecule has 1 aromatic carbocycles. The van der Waals surface area contributed by atoms with Gasteiger partial charge in [-0.25, -0.2) is 0 Å². The molecule has 3 heteroatoms. The highest BCUT2D eigenvalue weighted by molar-refractivity contribution is 5.77. The number of aryl methyl sites for hydroxylation is 2. The number of carbonyl (C=O) groups excluding carboxylic acids is 1. The number of carbonyl (C=O) groups is 1. The summed E-state index contributed by atoms with van der Waals surface area (Å²) in [5, 5.41) is 2.80. The first-order valence-electron chi connectivity index (χ1n) is 5.12. The second-order valence-electron chi connectivity index (χ2n) is 3.95. The Bertz CT molecular complexity index is 377. The lowest BCUT2D eigenvalue weighted by Gasteiger charge is -2.23. The smallest absolute Gasteiger partial charge is 0.246 e. The molecular weight excluding hydrogens is 190 g/mol. The molecule has 1 aromatic rings. The van der Waals surface area contributed by atoms with Gasteiger partial charge in [0.05, 0.1) is 0 Å². The fourth-order valence-corrected chi connectivity index (χ4v) is 1.67. The lowest BCUT2D eigenvalue weighted by molar-refractivity contribution is -0.133. The van der Waals surface area contributed by atoms with Crippen LogP contribution in [0.3, 0.4) is 0 Å². The summed E-state index contributed by atoms with van der Waals surface area (Å²) in [5.41, 5.74) is 3.67. The molecule has 0 aliphatic carbocycles. The predicted molar refractivity (Wildman–Crippen MR) is 57.6 cm³/mol. The first-order valence-corrected chi connectivity index (χ1v) is 5.12. The third kappa shape index (κ3) is 2.18. The van der Waals surface area contributed by atoms with E-state index in [4.69, 9.17) is 4.74 Å². The molecule has 0 spiro atoms. The number of hydrogen-bond donors (Lipinski definition) is 1. The maximum Gasteiger partial charge on any atom is 0.246 e. The van der Waals surface area contributed by atoms with Crippen LogP contribution >= 0.6 is 0 Å². The highest BCUT2D eigenvalue weighted by atomic mass is 16.5. The summed E-state index contributed by atoms with van der Waals surface area (Å²) in [7, 11) is 0. The minimum atomic E-state index is -0.0323. The normalized spacial score (nSPS) is 21.2. The standard InChI is InChI=1S/C12H15NO2/c1-8-3-4-10(5-9(8)2)11-6-13-12(14)7-15-11/h3-5,11H,6-7H2,1-2H3,(H,13,14)/t11-/m1/s1. The number of rotatable bonds is 1. The molecule has 0 bridgehead atoms. The molecule has 80 valence electrons. The second kappa shape index (κ2) is 4.03. The number of nitrogens with one attached hydrogen (secondary N) is 1. The molecule has 1 saturated heterocycles. The molecule has 1 atom stereocenters. The first-order chi connectivity index (χ1) is 7.16. The number of morpholine rings is 1. The van der Waals surface area contributed by atoms with E-state index in [1.807, 2.05) is 0 Å². The number of amides is 1. The van der Waals surface area contributed by atoms with Gasteiger partial charge in [-0.05, 0) is 30.5 Å². The summed E-state index contributed by atoms with van der Waals surface area (Å²) >= 11 is 0. The maximum absolute atomic E-state index is 10.9. The molecule has 1 aliphatic heterocycles. The van der Waals surface area contributed by atoms with E-state index in [0.717, 1.165) is 5.56 Å². The highest BCUT2D eigenvalue weighted by Gasteiger charge is 2.19. The largest absolute Gasteiger partial charge is 0.362 e. The van der Waals surface area contributed by atoms with Gasteiger partial charge in [0.1, 0.15) is 12.7 Å². The van der Waals surface area contributed by atoms with Crippen molar-refractivity contribution in [1.82, 2.24) is 5.32 Å². The zero-order chi connectivity index (χ0) is 10.8. The molecule has 0 aromatic heterocycles. The van der Waals surface area contributed by atoms with Gasteiger partial charge in [-0.3, -0.25) is 4.79 Å². The molecule has 15 heavy (non-hydrogen) atoms. The second-order valence-corrected chi connectivity index (χ2v) is 3.95. The molecular formula is C12H15NO2. The van der Waals surface area contributed by atoms with E-state index >= 15 is 0 Å². The minimum absolute atomic E-state index is 0.00185. The number of hydrogen-bond acceptors (Lipinski definition) is 2. The molecule has 0 saturated carbocycles. The summed E-state index contributed by atoms with van der Waals surface area (Å²) in [6, 6.07) is 6.27. The van der Waals surface area contributed by atoms with Gasteiger partial charge in [-0.1, -0.05) is 18.2 Å². The summed E-state index contributed by atoms with van der Waals surface area (Å²) in [6.45, 7) is 4.90. The third-order valence-electron chi connectivity index (χ3n) is 2.80. The molecule has 0 unspecified atom stereocenters. The van der Waals surface area contributed by atoms with Crippen molar-refractivity contribution in [2.45, 2.75) is 20.0 Å². The summed E-state index contributed by atoms with van der Waals surface area (Å²) < 4.78 is 5.46. The Labute approximate surface area is 89.4 Å². The van der Waals surface area contributed by atoms with E-state index in [1.165, 1.54) is 11.1 Å². The van der Waals surface area contributed by atoms with Crippen molar-refractivity contribution in [3.63, 3.8) is 0 Å². The summed E-state index contributed by atoms with van der Waals surface area (Å²) in [6.07, 6.45) is 0.00185. The fraction of sp³-hybridized carbons (Fsp3) is 0.417. The van der Waals surface area contributed by atoms with Gasteiger partial charge in [0.25, 0.3) is 0 Å². The quantitative estimate of drug-likeness (QED) is 0.754. The van der Waals surface area contributed by atoms with Crippen LogP contribution in [0.2, 0.25) is 0 Å². The van der Waals surface area contributed by atoms with Crippen LogP contribution in [-0.4, -0.2) is 19.1 Å². The van der Waals surface area contributed by atoms with Gasteiger partial charge < -0.3 is 10.1 Å². The SMILES string of the molecule is Cc1ccc([C@H]2CNC(=O)CO2)cc1C. The van der Waals surface area contributed by atoms with E-state index in [9.17, 15) is 4.79 Å². The number of benzene rings is 1. The van der Waals surface area contributed by atoms with Crippen LogP contribution in [0.1, 0.15) is 22.8 Å². The Kier molecular flexibility index (Phi) is 2.73. The van der Waals surface area contributed by atoms with Crippen LogP contribution in [0.4, 0.5) is 0 Å². The van der Waals surface area contributed by atoms with Crippen LogP contribution in [-0.2, 0) is 9.53 Å². The van der Waals surface area contributed by atoms with Crippen molar-refractivity contribution in [3.05, 3.63) is 34.9 Å². The molecule has 1 N–H and O–H groups in total. The fourth-order valence-electron chi connectivity index (χ4n) is 1.67. The average molecular weight is 205 g/mol. The van der Waals surface area contributed by atoms with Gasteiger partial charge in [-0.15, -0.1) is 0 Å². The molecule has 1 aliphatic rings. The lowest BCUT2D eigenvalue weighted by atomic mass is 10.0. The summed E-state index contributed by atoms with van der Waals surface area (Å²) in [5.74, 6) is -0.0323. The average Bonchev–Trinajstić information content (AvgIpc) is 2.23. The van der Waals surface area contributed by atoms with Crippen LogP contribution < -0.4 is 5.32 Å². The van der Waals surface area contributed by atoms with E-state index in [2.05, 4.69) is 37.4 Å². The molecule has 0 radical (unpaired) electrons. The monoisotopic (exact) mass is 205 g/mol. The molecule has 1 fully saturated rings. The first kappa shape index (κ1) is 10.2. The zero-order valence-electron chi connectivity index (χ0n) is 9.04. The molecule has 2 rings (SSSR count). The Balaban J connectivity index is 2.16. The van der Waals surface area contributed by atoms with Crippen LogP contribution in [0.25, 0.3) is 0 Å². The van der Waals surface area contributed by atoms with Crippen molar-refractivity contribution in [2.75, 3.05) is 13.2 Å². The Morgan fingerprint density at radius 2 is 2.13 bits per heavy atom. The lowest BCUT2D eigenvalue weighted by Crippen LogP contribution is -2.38. The van der Waals surface area contributed by atoms with Crippen molar-refractivity contribution in [2.24, 2.45) is 0 Å². The van der Waals surface area contributed by atoms with Gasteiger partial charge in [0.15, 0.2) is 0 Å². The maximum atomic E-state index is 10.9. The molecule has 3 nitrogen and oxygen atoms in total. The van der Waals surface area contributed by atoms with Crippen molar-refractivity contribution in [3.8, 4) is 0 Å². The van der Waals surface area contributed by atoms with Crippen LogP contribution in [0.15, 0.2) is 18.2 Å². The topological polar surface area (TPSA) is 38.3 Å². The Morgan fingerprint density at radius 3 is 2.73 bits per heavy atom. The van der Waals surface area contributed by atoms with E-state index < -0.39 is 0 Å². The molecule has 1 amide bonds. The zero-order valence-corrected chi connectivity index (χ0v) is 9.04.